The molecule has 150 valence electrons. The lowest BCUT2D eigenvalue weighted by atomic mass is 9.97. The lowest BCUT2D eigenvalue weighted by molar-refractivity contribution is -0.121. The van der Waals surface area contributed by atoms with Crippen molar-refractivity contribution in [2.75, 3.05) is 0 Å². The molecular weight excluding hydrogens is 404 g/mol. The molecule has 1 aromatic carbocycles. The smallest absolute Gasteiger partial charge is 0.269 e. The molecule has 0 saturated carbocycles. The molecular formula is C21H22N4O2S2. The van der Waals surface area contributed by atoms with Gasteiger partial charge in [0.15, 0.2) is 0 Å². The number of rotatable bonds is 4. The monoisotopic (exact) mass is 426 g/mol. The third-order valence-electron chi connectivity index (χ3n) is 4.99. The summed E-state index contributed by atoms with van der Waals surface area (Å²) < 4.78 is 0. The van der Waals surface area contributed by atoms with Crippen molar-refractivity contribution < 1.29 is 9.59 Å². The number of nitrogens with one attached hydrogen (secondary N) is 2. The van der Waals surface area contributed by atoms with Gasteiger partial charge in [0, 0.05) is 15.8 Å². The minimum absolute atomic E-state index is 0.272. The van der Waals surface area contributed by atoms with Crippen LogP contribution in [0.3, 0.4) is 0 Å². The number of thiophene rings is 1. The van der Waals surface area contributed by atoms with Gasteiger partial charge in [-0.3, -0.25) is 20.4 Å². The molecule has 0 bridgehead atoms. The zero-order chi connectivity index (χ0) is 20.4. The van der Waals surface area contributed by atoms with Gasteiger partial charge in [-0.2, -0.15) is 0 Å². The molecule has 2 N–H and O–H groups in total. The van der Waals surface area contributed by atoms with E-state index in [-0.39, 0.29) is 11.8 Å². The van der Waals surface area contributed by atoms with Crippen LogP contribution >= 0.6 is 23.1 Å². The summed E-state index contributed by atoms with van der Waals surface area (Å²) in [6.45, 7) is 3.77. The van der Waals surface area contributed by atoms with Crippen LogP contribution in [0, 0.1) is 6.92 Å². The zero-order valence-corrected chi connectivity index (χ0v) is 18.0. The molecule has 1 aliphatic carbocycles. The van der Waals surface area contributed by atoms with E-state index < -0.39 is 5.25 Å². The van der Waals surface area contributed by atoms with Crippen LogP contribution in [0.1, 0.15) is 46.1 Å². The normalized spacial score (nSPS) is 14.3. The van der Waals surface area contributed by atoms with E-state index in [4.69, 9.17) is 0 Å². The van der Waals surface area contributed by atoms with Crippen molar-refractivity contribution >= 4 is 45.1 Å². The Balaban J connectivity index is 1.43. The van der Waals surface area contributed by atoms with Crippen LogP contribution in [0.4, 0.5) is 0 Å². The summed E-state index contributed by atoms with van der Waals surface area (Å²) in [6.07, 6.45) is 6.11. The van der Waals surface area contributed by atoms with E-state index in [0.717, 1.165) is 33.6 Å². The Labute approximate surface area is 177 Å². The quantitative estimate of drug-likeness (QED) is 0.376. The van der Waals surface area contributed by atoms with Gasteiger partial charge >= 0.3 is 0 Å². The molecule has 2 heterocycles. The third-order valence-corrected chi connectivity index (χ3v) is 7.29. The van der Waals surface area contributed by atoms with Crippen molar-refractivity contribution in [1.82, 2.24) is 20.8 Å². The highest BCUT2D eigenvalue weighted by Crippen LogP contribution is 2.40. The van der Waals surface area contributed by atoms with E-state index in [0.29, 0.717) is 5.56 Å². The lowest BCUT2D eigenvalue weighted by Crippen LogP contribution is -2.44. The summed E-state index contributed by atoms with van der Waals surface area (Å²) in [6, 6.07) is 7.17. The van der Waals surface area contributed by atoms with E-state index in [1.807, 2.05) is 26.0 Å². The number of hydrazine groups is 1. The second-order valence-corrected chi connectivity index (χ2v) is 9.55. The molecule has 1 aliphatic rings. The number of amides is 2. The van der Waals surface area contributed by atoms with Crippen LogP contribution in [-0.2, 0) is 17.6 Å². The van der Waals surface area contributed by atoms with Crippen molar-refractivity contribution in [3.63, 3.8) is 0 Å². The average Bonchev–Trinajstić information content (AvgIpc) is 3.11. The maximum Gasteiger partial charge on any atom is 0.269 e. The fraction of sp³-hybridized carbons (Fsp3) is 0.333. The first-order chi connectivity index (χ1) is 14.0. The van der Waals surface area contributed by atoms with Gasteiger partial charge in [0.25, 0.3) is 11.8 Å². The number of fused-ring (bicyclic) bond motifs is 3. The average molecular weight is 427 g/mol. The number of hydrogen-bond donors (Lipinski definition) is 2. The van der Waals surface area contributed by atoms with Gasteiger partial charge in [-0.15, -0.1) is 11.3 Å². The Bertz CT molecular complexity index is 1060. The molecule has 2 amide bonds. The molecule has 0 saturated heterocycles. The number of hydrogen-bond acceptors (Lipinski definition) is 6. The summed E-state index contributed by atoms with van der Waals surface area (Å²) in [4.78, 5) is 36.0. The Morgan fingerprint density at radius 1 is 1.10 bits per heavy atom. The van der Waals surface area contributed by atoms with Gasteiger partial charge in [0.2, 0.25) is 0 Å². The van der Waals surface area contributed by atoms with Crippen LogP contribution in [0.25, 0.3) is 10.2 Å². The molecule has 1 atom stereocenters. The molecule has 0 unspecified atom stereocenters. The minimum Gasteiger partial charge on any atom is -0.272 e. The lowest BCUT2D eigenvalue weighted by Gasteiger charge is -2.14. The van der Waals surface area contributed by atoms with Gasteiger partial charge in [-0.25, -0.2) is 9.97 Å². The Hall–Kier alpha value is -2.45. The predicted octanol–water partition coefficient (Wildman–Crippen LogP) is 3.82. The standard InChI is InChI=1S/C21H22N4O2S2/c1-12-7-9-14(10-8-12)19(27)25-24-18(26)13(2)28-20-17-15-5-3-4-6-16(15)29-21(17)23-11-22-20/h7-11,13H,3-6H2,1-2H3,(H,24,26)(H,25,27)/t13-/m0/s1. The Morgan fingerprint density at radius 3 is 2.66 bits per heavy atom. The molecule has 29 heavy (non-hydrogen) atoms. The number of benzene rings is 1. The van der Waals surface area contributed by atoms with Crippen LogP contribution in [0.15, 0.2) is 35.6 Å². The summed E-state index contributed by atoms with van der Waals surface area (Å²) >= 11 is 3.14. The van der Waals surface area contributed by atoms with Gasteiger partial charge < -0.3 is 0 Å². The van der Waals surface area contributed by atoms with E-state index in [1.165, 1.54) is 35.0 Å². The van der Waals surface area contributed by atoms with Gasteiger partial charge in [-0.05, 0) is 57.2 Å². The van der Waals surface area contributed by atoms with Gasteiger partial charge in [-0.1, -0.05) is 29.5 Å². The first-order valence-corrected chi connectivity index (χ1v) is 11.3. The molecule has 0 aliphatic heterocycles. The van der Waals surface area contributed by atoms with Gasteiger partial charge in [0.05, 0.1) is 5.25 Å². The SMILES string of the molecule is Cc1ccc(C(=O)NNC(=O)[C@H](C)Sc2ncnc3sc4c(c23)CCCC4)cc1. The fourth-order valence-electron chi connectivity index (χ4n) is 3.37. The van der Waals surface area contributed by atoms with Crippen LogP contribution < -0.4 is 10.9 Å². The highest BCUT2D eigenvalue weighted by atomic mass is 32.2. The molecule has 0 fully saturated rings. The number of nitrogens with zero attached hydrogens (tertiary/aromatic N) is 2. The van der Waals surface area contributed by atoms with E-state index in [2.05, 4.69) is 20.8 Å². The van der Waals surface area contributed by atoms with Crippen LogP contribution in [0.5, 0.6) is 0 Å². The van der Waals surface area contributed by atoms with Crippen molar-refractivity contribution in [2.45, 2.75) is 49.8 Å². The Morgan fingerprint density at radius 2 is 1.86 bits per heavy atom. The van der Waals surface area contributed by atoms with E-state index in [1.54, 1.807) is 29.8 Å². The summed E-state index contributed by atoms with van der Waals surface area (Å²) in [5.74, 6) is -0.613. The van der Waals surface area contributed by atoms with E-state index >= 15 is 0 Å². The summed E-state index contributed by atoms with van der Waals surface area (Å²) in [7, 11) is 0. The fourth-order valence-corrected chi connectivity index (χ4v) is 5.61. The number of carbonyl (C=O) groups excluding carboxylic acids is 2. The summed E-state index contributed by atoms with van der Waals surface area (Å²) in [5, 5.41) is 1.52. The van der Waals surface area contributed by atoms with Crippen molar-refractivity contribution in [3.05, 3.63) is 52.2 Å². The molecule has 0 spiro atoms. The van der Waals surface area contributed by atoms with E-state index in [9.17, 15) is 9.59 Å². The number of aryl methyl sites for hydroxylation is 3. The first kappa shape index (κ1) is 19.8. The topological polar surface area (TPSA) is 84.0 Å². The number of carbonyl (C=O) groups is 2. The van der Waals surface area contributed by atoms with Gasteiger partial charge in [0.1, 0.15) is 16.2 Å². The highest BCUT2D eigenvalue weighted by Gasteiger charge is 2.23. The molecule has 0 radical (unpaired) electrons. The van der Waals surface area contributed by atoms with Crippen molar-refractivity contribution in [2.24, 2.45) is 0 Å². The first-order valence-electron chi connectivity index (χ1n) is 9.61. The van der Waals surface area contributed by atoms with Crippen LogP contribution in [-0.4, -0.2) is 27.0 Å². The Kier molecular flexibility index (Phi) is 5.82. The number of aromatic nitrogens is 2. The molecule has 2 aromatic heterocycles. The molecule has 8 heteroatoms. The van der Waals surface area contributed by atoms with Crippen molar-refractivity contribution in [1.29, 1.82) is 0 Å². The van der Waals surface area contributed by atoms with Crippen LogP contribution in [0.2, 0.25) is 0 Å². The number of thioether (sulfide) groups is 1. The predicted molar refractivity (Wildman–Crippen MR) is 116 cm³/mol. The molecule has 4 rings (SSSR count). The second kappa shape index (κ2) is 8.51. The largest absolute Gasteiger partial charge is 0.272 e. The minimum atomic E-state index is -0.412. The zero-order valence-electron chi connectivity index (χ0n) is 16.3. The third kappa shape index (κ3) is 4.28. The maximum atomic E-state index is 12.5. The molecule has 3 aromatic rings. The maximum absolute atomic E-state index is 12.5. The van der Waals surface area contributed by atoms with Crippen molar-refractivity contribution in [3.8, 4) is 0 Å². The summed E-state index contributed by atoms with van der Waals surface area (Å²) in [5.41, 5.74) is 7.92. The second-order valence-electron chi connectivity index (χ2n) is 7.14. The highest BCUT2D eigenvalue weighted by molar-refractivity contribution is 8.00. The molecule has 6 nitrogen and oxygen atoms in total.